The second-order valence-corrected chi connectivity index (χ2v) is 10.8. The van der Waals surface area contributed by atoms with Gasteiger partial charge in [0, 0.05) is 45.3 Å². The Balaban J connectivity index is 0.000000646. The van der Waals surface area contributed by atoms with Crippen LogP contribution < -0.4 is 5.32 Å². The minimum atomic E-state index is -5.08. The van der Waals surface area contributed by atoms with Crippen LogP contribution in [0.1, 0.15) is 37.3 Å². The van der Waals surface area contributed by atoms with E-state index in [0.717, 1.165) is 0 Å². The molecule has 240 valence electrons. The second kappa shape index (κ2) is 14.4. The van der Waals surface area contributed by atoms with Crippen LogP contribution in [0.15, 0.2) is 24.3 Å². The van der Waals surface area contributed by atoms with Crippen molar-refractivity contribution in [2.75, 3.05) is 45.9 Å². The lowest BCUT2D eigenvalue weighted by molar-refractivity contribution is -0.192. The Bertz CT molecular complexity index is 1260. The predicted octanol–water partition coefficient (Wildman–Crippen LogP) is 3.56. The van der Waals surface area contributed by atoms with E-state index in [4.69, 9.17) is 14.6 Å². The first-order valence-electron chi connectivity index (χ1n) is 13.8. The third kappa shape index (κ3) is 9.55. The number of nitrogens with one attached hydrogen (secondary N) is 1. The number of aryl methyl sites for hydroxylation is 1. The predicted molar refractivity (Wildman–Crippen MR) is 142 cm³/mol. The monoisotopic (exact) mass is 623 g/mol. The average Bonchev–Trinajstić information content (AvgIpc) is 3.32. The number of ether oxygens (including phenoxy) is 1. The van der Waals surface area contributed by atoms with Crippen molar-refractivity contribution in [3.8, 4) is 0 Å². The summed E-state index contributed by atoms with van der Waals surface area (Å²) in [6.45, 7) is 7.17. The third-order valence-corrected chi connectivity index (χ3v) is 6.97. The van der Waals surface area contributed by atoms with Crippen molar-refractivity contribution < 1.29 is 50.6 Å². The molecule has 0 radical (unpaired) electrons. The molecule has 2 saturated heterocycles. The number of hydrogen-bond donors (Lipinski definition) is 2. The van der Waals surface area contributed by atoms with Gasteiger partial charge in [0.05, 0.1) is 36.6 Å². The van der Waals surface area contributed by atoms with E-state index >= 15 is 0 Å². The van der Waals surface area contributed by atoms with Crippen molar-refractivity contribution in [2.45, 2.75) is 51.6 Å². The van der Waals surface area contributed by atoms with Crippen LogP contribution in [-0.2, 0) is 20.9 Å². The molecule has 0 unspecified atom stereocenters. The minimum Gasteiger partial charge on any atom is -0.475 e. The van der Waals surface area contributed by atoms with E-state index < -0.39 is 30.6 Å². The summed E-state index contributed by atoms with van der Waals surface area (Å²) in [4.78, 5) is 43.9. The fourth-order valence-corrected chi connectivity index (χ4v) is 5.01. The summed E-state index contributed by atoms with van der Waals surface area (Å²) in [7, 11) is 0. The Morgan fingerprint density at radius 3 is 2.30 bits per heavy atom. The number of nitrogens with zero attached hydrogens (tertiary/aromatic N) is 4. The second-order valence-electron chi connectivity index (χ2n) is 10.8. The van der Waals surface area contributed by atoms with Crippen molar-refractivity contribution in [1.29, 1.82) is 0 Å². The number of carbonyl (C=O) groups is 3. The van der Waals surface area contributed by atoms with Crippen LogP contribution in [0.25, 0.3) is 11.0 Å². The quantitative estimate of drug-likeness (QED) is 0.453. The third-order valence-electron chi connectivity index (χ3n) is 6.97. The van der Waals surface area contributed by atoms with E-state index in [9.17, 15) is 35.9 Å². The maximum Gasteiger partial charge on any atom is 0.490 e. The number of amides is 2. The molecule has 0 aliphatic carbocycles. The maximum absolute atomic E-state index is 13.9. The summed E-state index contributed by atoms with van der Waals surface area (Å²) in [5.74, 6) is -3.28. The number of alkyl halides is 6. The summed E-state index contributed by atoms with van der Waals surface area (Å²) in [6, 6.07) is 6.57. The number of rotatable bonds is 7. The number of carboxylic acid groups (broad SMARTS) is 1. The number of benzene rings is 1. The molecule has 10 nitrogen and oxygen atoms in total. The maximum atomic E-state index is 13.9. The van der Waals surface area contributed by atoms with Gasteiger partial charge in [-0.05, 0) is 24.5 Å². The molecule has 4 rings (SSSR count). The number of hydrogen-bond acceptors (Lipinski definition) is 6. The van der Waals surface area contributed by atoms with Crippen LogP contribution in [0.2, 0.25) is 0 Å². The first kappa shape index (κ1) is 34.1. The Morgan fingerprint density at radius 1 is 1.09 bits per heavy atom. The van der Waals surface area contributed by atoms with Crippen molar-refractivity contribution in [3.63, 3.8) is 0 Å². The van der Waals surface area contributed by atoms with Gasteiger partial charge >= 0.3 is 18.3 Å². The molecule has 2 fully saturated rings. The van der Waals surface area contributed by atoms with Crippen LogP contribution in [0.3, 0.4) is 0 Å². The zero-order chi connectivity index (χ0) is 31.9. The van der Waals surface area contributed by atoms with Gasteiger partial charge in [-0.1, -0.05) is 26.0 Å². The Labute approximate surface area is 243 Å². The molecule has 2 aromatic rings. The molecule has 1 aromatic heterocycles. The molecule has 1 aromatic carbocycles. The van der Waals surface area contributed by atoms with Crippen LogP contribution in [0.4, 0.5) is 26.3 Å². The van der Waals surface area contributed by atoms with Crippen molar-refractivity contribution >= 4 is 28.8 Å². The van der Waals surface area contributed by atoms with Gasteiger partial charge in [0.15, 0.2) is 5.82 Å². The molecule has 43 heavy (non-hydrogen) atoms. The minimum absolute atomic E-state index is 0.00253. The molecule has 0 spiro atoms. The van der Waals surface area contributed by atoms with Gasteiger partial charge in [-0.25, -0.2) is 9.78 Å². The molecule has 2 aliphatic rings. The first-order chi connectivity index (χ1) is 20.1. The number of piperidine rings is 1. The lowest BCUT2D eigenvalue weighted by Gasteiger charge is -2.40. The number of aromatic nitrogens is 2. The average molecular weight is 624 g/mol. The SMILES string of the molecule is CC(C)CN(C(=O)c1nc2ccccc2n1CCC(F)(F)F)[C@@H]1CNC[C@H](C(=O)N2CCOCC2)C1.O=C(O)C(F)(F)F. The molecular formula is C27H35F6N5O5. The topological polar surface area (TPSA) is 117 Å². The van der Waals surface area contributed by atoms with E-state index in [1.54, 1.807) is 29.2 Å². The molecule has 0 saturated carbocycles. The number of aliphatic carboxylic acids is 1. The zero-order valence-corrected chi connectivity index (χ0v) is 23.7. The van der Waals surface area contributed by atoms with Gasteiger partial charge in [0.1, 0.15) is 0 Å². The summed E-state index contributed by atoms with van der Waals surface area (Å²) < 4.78 is 77.8. The van der Waals surface area contributed by atoms with Gasteiger partial charge in [-0.15, -0.1) is 0 Å². The van der Waals surface area contributed by atoms with Crippen molar-refractivity contribution in [3.05, 3.63) is 30.1 Å². The zero-order valence-electron chi connectivity index (χ0n) is 23.7. The molecule has 2 amide bonds. The molecular weight excluding hydrogens is 588 g/mol. The molecule has 2 aliphatic heterocycles. The summed E-state index contributed by atoms with van der Waals surface area (Å²) in [5.41, 5.74) is 0.978. The number of morpholine rings is 1. The summed E-state index contributed by atoms with van der Waals surface area (Å²) >= 11 is 0. The molecule has 3 heterocycles. The van der Waals surface area contributed by atoms with Crippen LogP contribution in [-0.4, -0.2) is 107 Å². The van der Waals surface area contributed by atoms with Crippen molar-refractivity contribution in [2.24, 2.45) is 11.8 Å². The lowest BCUT2D eigenvalue weighted by Crippen LogP contribution is -2.56. The van der Waals surface area contributed by atoms with E-state index in [1.807, 2.05) is 18.7 Å². The number of carbonyl (C=O) groups excluding carboxylic acids is 2. The van der Waals surface area contributed by atoms with Crippen molar-refractivity contribution in [1.82, 2.24) is 24.7 Å². The van der Waals surface area contributed by atoms with E-state index in [2.05, 4.69) is 10.3 Å². The van der Waals surface area contributed by atoms with Gasteiger partial charge in [-0.2, -0.15) is 26.3 Å². The smallest absolute Gasteiger partial charge is 0.475 e. The number of imidazole rings is 1. The number of fused-ring (bicyclic) bond motifs is 1. The molecule has 2 atom stereocenters. The number of para-hydroxylation sites is 2. The highest BCUT2D eigenvalue weighted by Crippen LogP contribution is 2.26. The van der Waals surface area contributed by atoms with Gasteiger partial charge in [-0.3, -0.25) is 9.59 Å². The summed E-state index contributed by atoms with van der Waals surface area (Å²) in [6.07, 6.45) is -10.0. The first-order valence-corrected chi connectivity index (χ1v) is 13.8. The number of carboxylic acids is 1. The Kier molecular flexibility index (Phi) is 11.4. The highest BCUT2D eigenvalue weighted by atomic mass is 19.4. The fourth-order valence-electron chi connectivity index (χ4n) is 5.01. The van der Waals surface area contributed by atoms with Crippen LogP contribution >= 0.6 is 0 Å². The van der Waals surface area contributed by atoms with E-state index in [-0.39, 0.29) is 36.2 Å². The molecule has 16 heteroatoms. The normalized spacial score (nSPS) is 19.6. The van der Waals surface area contributed by atoms with Crippen LogP contribution in [0, 0.1) is 11.8 Å². The molecule has 2 N–H and O–H groups in total. The Hall–Kier alpha value is -3.40. The standard InChI is InChI=1S/C25H34F3N5O3.C2HF3O2/c1-17(2)16-33(19-13-18(14-29-15-19)23(34)31-9-11-36-12-10-31)24(35)22-30-20-5-3-4-6-21(20)32(22)8-7-25(26,27)28;3-2(4,5)1(6)7/h3-6,17-19,29H,7-16H2,1-2H3;(H,6,7)/t18-,19+;/m1./s1. The lowest BCUT2D eigenvalue weighted by atomic mass is 9.92. The van der Waals surface area contributed by atoms with Gasteiger partial charge in [0.25, 0.3) is 5.91 Å². The largest absolute Gasteiger partial charge is 0.490 e. The number of halogens is 6. The van der Waals surface area contributed by atoms with E-state index in [0.29, 0.717) is 63.4 Å². The van der Waals surface area contributed by atoms with Crippen LogP contribution in [0.5, 0.6) is 0 Å². The molecule has 0 bridgehead atoms. The Morgan fingerprint density at radius 2 is 1.72 bits per heavy atom. The fraction of sp³-hybridized carbons (Fsp3) is 0.630. The summed E-state index contributed by atoms with van der Waals surface area (Å²) in [5, 5.41) is 10.4. The van der Waals surface area contributed by atoms with Gasteiger partial charge < -0.3 is 29.5 Å². The highest BCUT2D eigenvalue weighted by Gasteiger charge is 2.39. The van der Waals surface area contributed by atoms with Gasteiger partial charge in [0.2, 0.25) is 5.91 Å². The highest BCUT2D eigenvalue weighted by molar-refractivity contribution is 5.95. The van der Waals surface area contributed by atoms with E-state index in [1.165, 1.54) is 4.57 Å².